The molecular weight excluding hydrogens is 338 g/mol. The summed E-state index contributed by atoms with van der Waals surface area (Å²) in [5.74, 6) is 0.159. The van der Waals surface area contributed by atoms with Crippen molar-refractivity contribution in [1.82, 2.24) is 9.80 Å². The van der Waals surface area contributed by atoms with E-state index in [1.165, 1.54) is 6.42 Å². The lowest BCUT2D eigenvalue weighted by Crippen LogP contribution is -2.60. The Morgan fingerprint density at radius 3 is 2.12 bits per heavy atom. The molecule has 2 N–H and O–H groups in total. The molecule has 3 rings (SSSR count). The highest BCUT2D eigenvalue weighted by molar-refractivity contribution is 6.30. The zero-order chi connectivity index (χ0) is 17.9. The smallest absolute Gasteiger partial charge is 0.242 e. The summed E-state index contributed by atoms with van der Waals surface area (Å²) in [6, 6.07) is 7.35. The van der Waals surface area contributed by atoms with Gasteiger partial charge in [-0.15, -0.1) is 0 Å². The molecule has 1 saturated heterocycles. The van der Waals surface area contributed by atoms with Crippen LogP contribution in [-0.2, 0) is 16.0 Å². The van der Waals surface area contributed by atoms with E-state index in [0.717, 1.165) is 31.2 Å². The third-order valence-electron chi connectivity index (χ3n) is 5.36. The summed E-state index contributed by atoms with van der Waals surface area (Å²) in [6.45, 7) is 2.30. The van der Waals surface area contributed by atoms with E-state index in [0.29, 0.717) is 37.6 Å². The van der Waals surface area contributed by atoms with Gasteiger partial charge in [0.15, 0.2) is 0 Å². The Hall–Kier alpha value is -1.59. The summed E-state index contributed by atoms with van der Waals surface area (Å²) in [4.78, 5) is 28.9. The predicted octanol–water partition coefficient (Wildman–Crippen LogP) is 2.21. The molecule has 1 aliphatic carbocycles. The molecule has 0 atom stereocenters. The lowest BCUT2D eigenvalue weighted by molar-refractivity contribution is -0.143. The monoisotopic (exact) mass is 363 g/mol. The van der Waals surface area contributed by atoms with E-state index in [4.69, 9.17) is 17.3 Å². The molecule has 0 aromatic heterocycles. The van der Waals surface area contributed by atoms with Crippen molar-refractivity contribution < 1.29 is 9.59 Å². The molecule has 0 unspecified atom stereocenters. The van der Waals surface area contributed by atoms with Gasteiger partial charge in [0, 0.05) is 31.2 Å². The molecular formula is C19H26ClN3O2. The molecule has 25 heavy (non-hydrogen) atoms. The number of hydrogen-bond donors (Lipinski definition) is 1. The number of halogens is 1. The maximum Gasteiger partial charge on any atom is 0.242 e. The van der Waals surface area contributed by atoms with Gasteiger partial charge >= 0.3 is 0 Å². The van der Waals surface area contributed by atoms with Gasteiger partial charge in [0.2, 0.25) is 11.8 Å². The van der Waals surface area contributed by atoms with Gasteiger partial charge in [-0.05, 0) is 30.5 Å². The molecule has 0 spiro atoms. The van der Waals surface area contributed by atoms with Crippen LogP contribution in [-0.4, -0.2) is 53.3 Å². The minimum absolute atomic E-state index is 0.0667. The highest BCUT2D eigenvalue weighted by Crippen LogP contribution is 2.28. The zero-order valence-electron chi connectivity index (χ0n) is 14.5. The molecule has 0 radical (unpaired) electrons. The zero-order valence-corrected chi connectivity index (χ0v) is 15.3. The summed E-state index contributed by atoms with van der Waals surface area (Å²) >= 11 is 5.87. The largest absolute Gasteiger partial charge is 0.339 e. The topological polar surface area (TPSA) is 66.6 Å². The summed E-state index contributed by atoms with van der Waals surface area (Å²) < 4.78 is 0. The van der Waals surface area contributed by atoms with Crippen molar-refractivity contribution in [2.45, 2.75) is 44.1 Å². The van der Waals surface area contributed by atoms with E-state index in [1.807, 2.05) is 21.9 Å². The fourth-order valence-corrected chi connectivity index (χ4v) is 3.89. The van der Waals surface area contributed by atoms with Gasteiger partial charge in [-0.3, -0.25) is 9.59 Å². The molecule has 1 aromatic rings. The highest BCUT2D eigenvalue weighted by atomic mass is 35.5. The summed E-state index contributed by atoms with van der Waals surface area (Å²) in [7, 11) is 0. The van der Waals surface area contributed by atoms with Crippen LogP contribution in [0.25, 0.3) is 0 Å². The number of carbonyl (C=O) groups is 2. The Morgan fingerprint density at radius 2 is 1.52 bits per heavy atom. The Balaban J connectivity index is 1.51. The number of nitrogens with zero attached hydrogens (tertiary/aromatic N) is 2. The van der Waals surface area contributed by atoms with Crippen molar-refractivity contribution in [2.24, 2.45) is 5.73 Å². The Labute approximate surface area is 154 Å². The average Bonchev–Trinajstić information content (AvgIpc) is 2.64. The minimum atomic E-state index is -0.687. The first kappa shape index (κ1) is 18.2. The van der Waals surface area contributed by atoms with Crippen molar-refractivity contribution in [3.05, 3.63) is 34.9 Å². The SMILES string of the molecule is NC1(C(=O)N2CCN(C(=O)Cc3ccc(Cl)cc3)CC2)CCCCC1. The third kappa shape index (κ3) is 4.33. The van der Waals surface area contributed by atoms with Crippen molar-refractivity contribution in [1.29, 1.82) is 0 Å². The van der Waals surface area contributed by atoms with E-state index in [-0.39, 0.29) is 11.8 Å². The quantitative estimate of drug-likeness (QED) is 0.895. The van der Waals surface area contributed by atoms with E-state index >= 15 is 0 Å². The van der Waals surface area contributed by atoms with E-state index < -0.39 is 5.54 Å². The van der Waals surface area contributed by atoms with E-state index in [9.17, 15) is 9.59 Å². The number of nitrogens with two attached hydrogens (primary N) is 1. The van der Waals surface area contributed by atoms with Gasteiger partial charge in [0.25, 0.3) is 0 Å². The molecule has 1 saturated carbocycles. The first-order valence-corrected chi connectivity index (χ1v) is 9.46. The van der Waals surface area contributed by atoms with Crippen LogP contribution in [0, 0.1) is 0 Å². The Morgan fingerprint density at radius 1 is 0.960 bits per heavy atom. The number of rotatable bonds is 3. The van der Waals surface area contributed by atoms with Crippen molar-refractivity contribution in [2.75, 3.05) is 26.2 Å². The second-order valence-electron chi connectivity index (χ2n) is 7.19. The molecule has 5 nitrogen and oxygen atoms in total. The van der Waals surface area contributed by atoms with Crippen LogP contribution in [0.5, 0.6) is 0 Å². The molecule has 2 aliphatic rings. The second-order valence-corrected chi connectivity index (χ2v) is 7.63. The number of piperazine rings is 1. The average molecular weight is 364 g/mol. The number of amides is 2. The fourth-order valence-electron chi connectivity index (χ4n) is 3.76. The van der Waals surface area contributed by atoms with Crippen LogP contribution in [0.3, 0.4) is 0 Å². The van der Waals surface area contributed by atoms with Crippen LogP contribution < -0.4 is 5.73 Å². The third-order valence-corrected chi connectivity index (χ3v) is 5.61. The van der Waals surface area contributed by atoms with Gasteiger partial charge in [-0.1, -0.05) is 43.0 Å². The fraction of sp³-hybridized carbons (Fsp3) is 0.579. The van der Waals surface area contributed by atoms with Crippen LogP contribution in [0.1, 0.15) is 37.7 Å². The van der Waals surface area contributed by atoms with Crippen LogP contribution in [0.15, 0.2) is 24.3 Å². The normalized spacial score (nSPS) is 20.4. The molecule has 136 valence electrons. The molecule has 1 heterocycles. The van der Waals surface area contributed by atoms with Gasteiger partial charge in [-0.25, -0.2) is 0 Å². The van der Waals surface area contributed by atoms with Gasteiger partial charge in [-0.2, -0.15) is 0 Å². The molecule has 2 amide bonds. The number of benzene rings is 1. The summed E-state index contributed by atoms with van der Waals surface area (Å²) in [5, 5.41) is 0.668. The number of hydrogen-bond acceptors (Lipinski definition) is 3. The lowest BCUT2D eigenvalue weighted by atomic mass is 9.81. The predicted molar refractivity (Wildman–Crippen MR) is 98.3 cm³/mol. The van der Waals surface area contributed by atoms with Gasteiger partial charge in [0.05, 0.1) is 12.0 Å². The summed E-state index contributed by atoms with van der Waals surface area (Å²) in [5.41, 5.74) is 6.63. The standard InChI is InChI=1S/C19H26ClN3O2/c20-16-6-4-15(5-7-16)14-17(24)22-10-12-23(13-11-22)18(25)19(21)8-2-1-3-9-19/h4-7H,1-3,8-14,21H2. The van der Waals surface area contributed by atoms with Crippen molar-refractivity contribution in [3.63, 3.8) is 0 Å². The molecule has 2 fully saturated rings. The molecule has 1 aromatic carbocycles. The molecule has 0 bridgehead atoms. The first-order valence-electron chi connectivity index (χ1n) is 9.08. The van der Waals surface area contributed by atoms with Gasteiger partial charge < -0.3 is 15.5 Å². The Kier molecular flexibility index (Phi) is 5.64. The summed E-state index contributed by atoms with van der Waals surface area (Å²) in [6.07, 6.45) is 5.15. The number of carbonyl (C=O) groups excluding carboxylic acids is 2. The highest BCUT2D eigenvalue weighted by Gasteiger charge is 2.39. The maximum absolute atomic E-state index is 12.8. The lowest BCUT2D eigenvalue weighted by Gasteiger charge is -2.41. The Bertz CT molecular complexity index is 618. The van der Waals surface area contributed by atoms with E-state index in [2.05, 4.69) is 0 Å². The van der Waals surface area contributed by atoms with E-state index in [1.54, 1.807) is 12.1 Å². The minimum Gasteiger partial charge on any atom is -0.339 e. The van der Waals surface area contributed by atoms with Crippen molar-refractivity contribution >= 4 is 23.4 Å². The molecule has 6 heteroatoms. The van der Waals surface area contributed by atoms with Crippen LogP contribution in [0.4, 0.5) is 0 Å². The first-order chi connectivity index (χ1) is 12.0. The second kappa shape index (κ2) is 7.75. The van der Waals surface area contributed by atoms with Crippen molar-refractivity contribution in [3.8, 4) is 0 Å². The van der Waals surface area contributed by atoms with Crippen LogP contribution in [0.2, 0.25) is 5.02 Å². The van der Waals surface area contributed by atoms with Crippen LogP contribution >= 0.6 is 11.6 Å². The maximum atomic E-state index is 12.8. The molecule has 1 aliphatic heterocycles. The van der Waals surface area contributed by atoms with Gasteiger partial charge in [0.1, 0.15) is 0 Å².